The van der Waals surface area contributed by atoms with Crippen LogP contribution in [0.2, 0.25) is 0 Å². The normalized spacial score (nSPS) is 18.6. The first-order chi connectivity index (χ1) is 9.70. The van der Waals surface area contributed by atoms with Gasteiger partial charge in [0.05, 0.1) is 6.34 Å². The molecular weight excluding hydrogens is 268 g/mol. The second-order valence-electron chi connectivity index (χ2n) is 4.98. The zero-order chi connectivity index (χ0) is 14.1. The third-order valence-corrected chi connectivity index (χ3v) is 4.84. The molecule has 0 amide bonds. The van der Waals surface area contributed by atoms with E-state index in [4.69, 9.17) is 5.73 Å². The van der Waals surface area contributed by atoms with Crippen LogP contribution in [0.3, 0.4) is 0 Å². The molecule has 104 valence electrons. The van der Waals surface area contributed by atoms with Crippen molar-refractivity contribution >= 4 is 27.8 Å². The van der Waals surface area contributed by atoms with Crippen LogP contribution in [0, 0.1) is 6.92 Å². The summed E-state index contributed by atoms with van der Waals surface area (Å²) in [5.74, 6) is 0. The Labute approximate surface area is 122 Å². The smallest absolute Gasteiger partial charge is 0.196 e. The fraction of sp³-hybridized carbons (Fsp3) is 0.333. The number of likely N-dealkylation sites (N-methyl/N-ethyl adjacent to an activating group) is 1. The predicted octanol–water partition coefficient (Wildman–Crippen LogP) is 2.03. The minimum absolute atomic E-state index is 0.0802. The quantitative estimate of drug-likeness (QED) is 0.878. The molecule has 4 nitrogen and oxygen atoms in total. The summed E-state index contributed by atoms with van der Waals surface area (Å²) >= 11 is 1.78. The molecule has 1 aliphatic heterocycles. The van der Waals surface area contributed by atoms with E-state index in [0.29, 0.717) is 0 Å². The van der Waals surface area contributed by atoms with Crippen molar-refractivity contribution in [3.8, 4) is 0 Å². The largest absolute Gasteiger partial charge is 0.343 e. The number of hydrogen-bond donors (Lipinski definition) is 1. The van der Waals surface area contributed by atoms with Crippen molar-refractivity contribution in [3.63, 3.8) is 0 Å². The Hall–Kier alpha value is -1.72. The van der Waals surface area contributed by atoms with Gasteiger partial charge in [-0.05, 0) is 18.4 Å². The van der Waals surface area contributed by atoms with Crippen molar-refractivity contribution in [2.75, 3.05) is 6.54 Å². The molecule has 20 heavy (non-hydrogen) atoms. The lowest BCUT2D eigenvalue weighted by Gasteiger charge is -2.28. The molecule has 3 heterocycles. The monoisotopic (exact) mass is 287 g/mol. The van der Waals surface area contributed by atoms with Gasteiger partial charge in [0, 0.05) is 36.7 Å². The van der Waals surface area contributed by atoms with Gasteiger partial charge in [-0.1, -0.05) is 0 Å². The lowest BCUT2D eigenvalue weighted by Crippen LogP contribution is -2.49. The average Bonchev–Trinajstić information content (AvgIpc) is 2.93. The zero-order valence-electron chi connectivity index (χ0n) is 11.8. The van der Waals surface area contributed by atoms with E-state index in [1.807, 2.05) is 12.5 Å². The van der Waals surface area contributed by atoms with E-state index in [2.05, 4.69) is 52.0 Å². The maximum atomic E-state index is 6.28. The van der Waals surface area contributed by atoms with E-state index in [1.165, 1.54) is 15.8 Å². The summed E-state index contributed by atoms with van der Waals surface area (Å²) in [6.45, 7) is 5.91. The molecule has 1 unspecified atom stereocenters. The first-order valence-electron chi connectivity index (χ1n) is 6.80. The molecule has 0 saturated heterocycles. The number of rotatable bonds is 3. The fourth-order valence-electron chi connectivity index (χ4n) is 2.51. The second kappa shape index (κ2) is 5.34. The first kappa shape index (κ1) is 13.3. The van der Waals surface area contributed by atoms with E-state index >= 15 is 0 Å². The summed E-state index contributed by atoms with van der Waals surface area (Å²) in [6, 6.07) is 4.32. The lowest BCUT2D eigenvalue weighted by molar-refractivity contribution is -0.693. The van der Waals surface area contributed by atoms with Gasteiger partial charge >= 0.3 is 0 Å². The Kier molecular flexibility index (Phi) is 3.54. The summed E-state index contributed by atoms with van der Waals surface area (Å²) in [7, 11) is 0. The van der Waals surface area contributed by atoms with Crippen LogP contribution in [0.1, 0.15) is 12.6 Å². The molecule has 0 aliphatic carbocycles. The number of thiophene rings is 1. The highest BCUT2D eigenvalue weighted by Crippen LogP contribution is 2.22. The highest BCUT2D eigenvalue weighted by Gasteiger charge is 2.22. The van der Waals surface area contributed by atoms with E-state index in [0.717, 1.165) is 18.7 Å². The maximum absolute atomic E-state index is 6.28. The van der Waals surface area contributed by atoms with Crippen LogP contribution >= 0.6 is 11.3 Å². The van der Waals surface area contributed by atoms with E-state index in [9.17, 15) is 0 Å². The van der Waals surface area contributed by atoms with E-state index in [1.54, 1.807) is 11.3 Å². The van der Waals surface area contributed by atoms with Crippen LogP contribution < -0.4 is 10.3 Å². The maximum Gasteiger partial charge on any atom is 0.196 e. The minimum Gasteiger partial charge on any atom is -0.343 e. The number of aryl methyl sites for hydroxylation is 1. The standard InChI is InChI=1S/C15H19N4S/c1-3-18-10-17-8-13(15(18)16)9-19-6-4-12-5-7-20-14(12)11(19)2/h4-8,10,15H,3,9,16H2,1-2H3/q+1. The van der Waals surface area contributed by atoms with Crippen LogP contribution in [0.15, 0.2) is 40.5 Å². The third kappa shape index (κ3) is 2.23. The lowest BCUT2D eigenvalue weighted by atomic mass is 10.1. The molecule has 0 fully saturated rings. The number of fused-ring (bicyclic) bond motifs is 1. The Morgan fingerprint density at radius 3 is 3.10 bits per heavy atom. The Morgan fingerprint density at radius 1 is 1.45 bits per heavy atom. The number of pyridine rings is 1. The predicted molar refractivity (Wildman–Crippen MR) is 83.7 cm³/mol. The molecule has 2 N–H and O–H groups in total. The molecule has 1 aliphatic rings. The molecule has 1 atom stereocenters. The molecule has 2 aromatic heterocycles. The Bertz CT molecular complexity index is 686. The fourth-order valence-corrected chi connectivity index (χ4v) is 3.42. The van der Waals surface area contributed by atoms with Crippen molar-refractivity contribution in [1.29, 1.82) is 0 Å². The molecule has 0 saturated carbocycles. The van der Waals surface area contributed by atoms with Gasteiger partial charge in [-0.15, -0.1) is 11.3 Å². The highest BCUT2D eigenvalue weighted by molar-refractivity contribution is 7.17. The summed E-state index contributed by atoms with van der Waals surface area (Å²) in [4.78, 5) is 6.34. The van der Waals surface area contributed by atoms with Gasteiger partial charge in [0.25, 0.3) is 0 Å². The third-order valence-electron chi connectivity index (χ3n) is 3.80. The average molecular weight is 287 g/mol. The topological polar surface area (TPSA) is 45.5 Å². The van der Waals surface area contributed by atoms with E-state index in [-0.39, 0.29) is 6.17 Å². The molecule has 0 bridgehead atoms. The zero-order valence-corrected chi connectivity index (χ0v) is 12.6. The number of nitrogens with two attached hydrogens (primary N) is 1. The number of nitrogens with zero attached hydrogens (tertiary/aromatic N) is 3. The summed E-state index contributed by atoms with van der Waals surface area (Å²) in [5.41, 5.74) is 8.70. The van der Waals surface area contributed by atoms with Gasteiger partial charge in [-0.3, -0.25) is 0 Å². The van der Waals surface area contributed by atoms with Crippen LogP contribution in [0.5, 0.6) is 0 Å². The van der Waals surface area contributed by atoms with Crippen LogP contribution in [0.4, 0.5) is 0 Å². The highest BCUT2D eigenvalue weighted by atomic mass is 32.1. The second-order valence-corrected chi connectivity index (χ2v) is 5.89. The molecule has 2 aromatic rings. The first-order valence-corrected chi connectivity index (χ1v) is 7.68. The van der Waals surface area contributed by atoms with Crippen molar-refractivity contribution in [3.05, 3.63) is 41.2 Å². The van der Waals surface area contributed by atoms with Crippen LogP contribution in [0.25, 0.3) is 10.1 Å². The summed E-state index contributed by atoms with van der Waals surface area (Å²) in [6.07, 6.45) is 5.76. The molecule has 5 heteroatoms. The van der Waals surface area contributed by atoms with Gasteiger partial charge in [0.2, 0.25) is 0 Å². The summed E-state index contributed by atoms with van der Waals surface area (Å²) in [5, 5.41) is 3.44. The van der Waals surface area contributed by atoms with Crippen LogP contribution in [-0.4, -0.2) is 23.9 Å². The SMILES string of the molecule is CCN1C=NC=C(C[n+]2ccc3ccsc3c2C)C1N. The number of hydrogen-bond acceptors (Lipinski definition) is 4. The Morgan fingerprint density at radius 2 is 2.30 bits per heavy atom. The summed E-state index contributed by atoms with van der Waals surface area (Å²) < 4.78 is 3.59. The molecule has 0 aromatic carbocycles. The van der Waals surface area contributed by atoms with Crippen molar-refractivity contribution in [1.82, 2.24) is 4.90 Å². The number of aromatic nitrogens is 1. The van der Waals surface area contributed by atoms with Gasteiger partial charge in [-0.25, -0.2) is 4.99 Å². The molecular formula is C15H19N4S+. The van der Waals surface area contributed by atoms with Crippen molar-refractivity contribution in [2.45, 2.75) is 26.6 Å². The van der Waals surface area contributed by atoms with E-state index < -0.39 is 0 Å². The molecule has 0 radical (unpaired) electrons. The van der Waals surface area contributed by atoms with Crippen molar-refractivity contribution < 1.29 is 4.57 Å². The van der Waals surface area contributed by atoms with Gasteiger partial charge < -0.3 is 10.6 Å². The van der Waals surface area contributed by atoms with Gasteiger partial charge in [0.15, 0.2) is 18.4 Å². The van der Waals surface area contributed by atoms with Gasteiger partial charge in [0.1, 0.15) is 10.9 Å². The molecule has 0 spiro atoms. The van der Waals surface area contributed by atoms with Crippen molar-refractivity contribution in [2.24, 2.45) is 10.7 Å². The van der Waals surface area contributed by atoms with Crippen LogP contribution in [-0.2, 0) is 6.54 Å². The van der Waals surface area contributed by atoms with Gasteiger partial charge in [-0.2, -0.15) is 4.57 Å². The molecule has 3 rings (SSSR count). The number of aliphatic imine (C=N–C) groups is 1. The Balaban J connectivity index is 1.91. The minimum atomic E-state index is -0.0802.